The molecule has 2 amide bonds. The first-order chi connectivity index (χ1) is 10.1. The molecule has 0 spiro atoms. The number of hydrogen-bond donors (Lipinski definition) is 2. The second kappa shape index (κ2) is 5.48. The zero-order valence-electron chi connectivity index (χ0n) is 12.0. The molecular formula is C16H20N2O3. The number of anilines is 2. The van der Waals surface area contributed by atoms with E-state index in [1.54, 1.807) is 17.0 Å². The minimum absolute atomic E-state index is 0.145. The Labute approximate surface area is 123 Å². The van der Waals surface area contributed by atoms with Crippen LogP contribution in [0.4, 0.5) is 11.4 Å². The fraction of sp³-hybridized carbons (Fsp3) is 0.500. The fourth-order valence-electron chi connectivity index (χ4n) is 3.08. The Bertz CT molecular complexity index is 547. The lowest BCUT2D eigenvalue weighted by atomic mass is 10.0. The molecule has 1 aromatic carbocycles. The van der Waals surface area contributed by atoms with Gasteiger partial charge in [0, 0.05) is 24.3 Å². The summed E-state index contributed by atoms with van der Waals surface area (Å²) in [6.07, 6.45) is 4.33. The molecule has 5 heteroatoms. The number of benzene rings is 1. The maximum absolute atomic E-state index is 12.1. The van der Waals surface area contributed by atoms with Crippen LogP contribution in [0, 0.1) is 0 Å². The quantitative estimate of drug-likeness (QED) is 0.894. The maximum atomic E-state index is 12.1. The third kappa shape index (κ3) is 2.78. The molecule has 1 heterocycles. The molecule has 112 valence electrons. The predicted molar refractivity (Wildman–Crippen MR) is 80.1 cm³/mol. The molecule has 3 rings (SSSR count). The smallest absolute Gasteiger partial charge is 0.256 e. The van der Waals surface area contributed by atoms with Gasteiger partial charge in [-0.15, -0.1) is 0 Å². The number of rotatable bonds is 3. The van der Waals surface area contributed by atoms with Gasteiger partial charge in [0.25, 0.3) is 5.91 Å². The van der Waals surface area contributed by atoms with Crippen molar-refractivity contribution in [2.75, 3.05) is 16.8 Å². The number of nitrogens with zero attached hydrogens (tertiary/aromatic N) is 1. The number of carbonyl (C=O) groups is 2. The molecule has 0 radical (unpaired) electrons. The highest BCUT2D eigenvalue weighted by atomic mass is 16.3. The Morgan fingerprint density at radius 1 is 1.14 bits per heavy atom. The van der Waals surface area contributed by atoms with Crippen LogP contribution in [-0.4, -0.2) is 29.1 Å². The van der Waals surface area contributed by atoms with Crippen molar-refractivity contribution in [2.45, 2.75) is 44.1 Å². The Balaban J connectivity index is 1.67. The first kappa shape index (κ1) is 14.1. The van der Waals surface area contributed by atoms with Crippen molar-refractivity contribution in [1.29, 1.82) is 0 Å². The molecule has 2 N–H and O–H groups in total. The average Bonchev–Trinajstić information content (AvgIpc) is 3.09. The van der Waals surface area contributed by atoms with Gasteiger partial charge in [-0.25, -0.2) is 0 Å². The van der Waals surface area contributed by atoms with Gasteiger partial charge in [-0.1, -0.05) is 0 Å². The predicted octanol–water partition coefficient (Wildman–Crippen LogP) is 2.06. The van der Waals surface area contributed by atoms with Gasteiger partial charge in [0.1, 0.15) is 5.60 Å². The normalized spacial score (nSPS) is 20.8. The van der Waals surface area contributed by atoms with Crippen LogP contribution in [-0.2, 0) is 9.59 Å². The Kier molecular flexibility index (Phi) is 3.68. The van der Waals surface area contributed by atoms with E-state index in [0.717, 1.165) is 31.5 Å². The summed E-state index contributed by atoms with van der Waals surface area (Å²) in [5, 5.41) is 13.0. The van der Waals surface area contributed by atoms with Gasteiger partial charge in [-0.3, -0.25) is 9.59 Å². The first-order valence-electron chi connectivity index (χ1n) is 7.53. The van der Waals surface area contributed by atoms with E-state index in [-0.39, 0.29) is 11.8 Å². The van der Waals surface area contributed by atoms with Crippen LogP contribution >= 0.6 is 0 Å². The van der Waals surface area contributed by atoms with Gasteiger partial charge in [-0.2, -0.15) is 0 Å². The first-order valence-corrected chi connectivity index (χ1v) is 7.53. The summed E-state index contributed by atoms with van der Waals surface area (Å²) >= 11 is 0. The molecule has 1 aliphatic heterocycles. The highest BCUT2D eigenvalue weighted by Crippen LogP contribution is 2.31. The van der Waals surface area contributed by atoms with Crippen molar-refractivity contribution in [3.8, 4) is 0 Å². The van der Waals surface area contributed by atoms with E-state index < -0.39 is 5.60 Å². The van der Waals surface area contributed by atoms with Crippen LogP contribution in [0.15, 0.2) is 24.3 Å². The molecule has 1 saturated carbocycles. The summed E-state index contributed by atoms with van der Waals surface area (Å²) in [6.45, 7) is 0.754. The SMILES string of the molecule is O=C1CCCN1c1ccc(NC(=O)C2(O)CCCC2)cc1. The zero-order valence-corrected chi connectivity index (χ0v) is 12.0. The summed E-state index contributed by atoms with van der Waals surface area (Å²) in [5.74, 6) is -0.183. The molecule has 2 aliphatic rings. The molecule has 1 saturated heterocycles. The summed E-state index contributed by atoms with van der Waals surface area (Å²) in [7, 11) is 0. The summed E-state index contributed by atoms with van der Waals surface area (Å²) in [4.78, 5) is 25.5. The number of aliphatic hydroxyl groups is 1. The topological polar surface area (TPSA) is 69.6 Å². The van der Waals surface area contributed by atoms with Crippen LogP contribution in [0.25, 0.3) is 0 Å². The van der Waals surface area contributed by atoms with E-state index in [2.05, 4.69) is 5.32 Å². The minimum atomic E-state index is -1.22. The molecular weight excluding hydrogens is 268 g/mol. The lowest BCUT2D eigenvalue weighted by Gasteiger charge is -2.21. The van der Waals surface area contributed by atoms with E-state index in [9.17, 15) is 14.7 Å². The van der Waals surface area contributed by atoms with Crippen molar-refractivity contribution in [3.05, 3.63) is 24.3 Å². The number of carbonyl (C=O) groups excluding carboxylic acids is 2. The van der Waals surface area contributed by atoms with E-state index in [1.807, 2.05) is 12.1 Å². The van der Waals surface area contributed by atoms with Crippen molar-refractivity contribution >= 4 is 23.2 Å². The second-order valence-corrected chi connectivity index (χ2v) is 5.89. The van der Waals surface area contributed by atoms with Crippen LogP contribution in [0.5, 0.6) is 0 Å². The van der Waals surface area contributed by atoms with Crippen molar-refractivity contribution in [1.82, 2.24) is 0 Å². The largest absolute Gasteiger partial charge is 0.380 e. The second-order valence-electron chi connectivity index (χ2n) is 5.89. The minimum Gasteiger partial charge on any atom is -0.380 e. The molecule has 1 aliphatic carbocycles. The standard InChI is InChI=1S/C16H20N2O3/c19-14-4-3-11-18(14)13-7-5-12(6-8-13)17-15(20)16(21)9-1-2-10-16/h5-8,21H,1-4,9-11H2,(H,17,20). The molecule has 0 unspecified atom stereocenters. The van der Waals surface area contributed by atoms with Crippen molar-refractivity contribution in [2.24, 2.45) is 0 Å². The average molecular weight is 288 g/mol. The molecule has 0 aromatic heterocycles. The van der Waals surface area contributed by atoms with Gasteiger partial charge in [-0.05, 0) is 56.4 Å². The van der Waals surface area contributed by atoms with Crippen LogP contribution < -0.4 is 10.2 Å². The summed E-state index contributed by atoms with van der Waals surface area (Å²) in [5.41, 5.74) is 0.287. The number of amides is 2. The van der Waals surface area contributed by atoms with E-state index >= 15 is 0 Å². The highest BCUT2D eigenvalue weighted by molar-refractivity contribution is 5.98. The van der Waals surface area contributed by atoms with Gasteiger partial charge in [0.05, 0.1) is 0 Å². The van der Waals surface area contributed by atoms with Gasteiger partial charge < -0.3 is 15.3 Å². The lowest BCUT2D eigenvalue weighted by molar-refractivity contribution is -0.133. The third-order valence-corrected chi connectivity index (χ3v) is 4.36. The number of hydrogen-bond acceptors (Lipinski definition) is 3. The number of nitrogens with one attached hydrogen (secondary N) is 1. The molecule has 2 fully saturated rings. The Hall–Kier alpha value is -1.88. The molecule has 1 aromatic rings. The molecule has 0 bridgehead atoms. The van der Waals surface area contributed by atoms with Gasteiger partial charge >= 0.3 is 0 Å². The lowest BCUT2D eigenvalue weighted by Crippen LogP contribution is -2.40. The summed E-state index contributed by atoms with van der Waals surface area (Å²) in [6, 6.07) is 7.21. The van der Waals surface area contributed by atoms with E-state index in [4.69, 9.17) is 0 Å². The molecule has 5 nitrogen and oxygen atoms in total. The monoisotopic (exact) mass is 288 g/mol. The maximum Gasteiger partial charge on any atom is 0.256 e. The fourth-order valence-corrected chi connectivity index (χ4v) is 3.08. The summed E-state index contributed by atoms with van der Waals surface area (Å²) < 4.78 is 0. The zero-order chi connectivity index (χ0) is 14.9. The Morgan fingerprint density at radius 3 is 2.38 bits per heavy atom. The van der Waals surface area contributed by atoms with Gasteiger partial charge in [0.2, 0.25) is 5.91 Å². The Morgan fingerprint density at radius 2 is 1.81 bits per heavy atom. The van der Waals surface area contributed by atoms with Gasteiger partial charge in [0.15, 0.2) is 0 Å². The van der Waals surface area contributed by atoms with Crippen LogP contribution in [0.3, 0.4) is 0 Å². The third-order valence-electron chi connectivity index (χ3n) is 4.36. The van der Waals surface area contributed by atoms with Crippen molar-refractivity contribution in [3.63, 3.8) is 0 Å². The van der Waals surface area contributed by atoms with E-state index in [1.165, 1.54) is 0 Å². The van der Waals surface area contributed by atoms with Crippen LogP contribution in [0.2, 0.25) is 0 Å². The molecule has 0 atom stereocenters. The van der Waals surface area contributed by atoms with Crippen LogP contribution in [0.1, 0.15) is 38.5 Å². The molecule has 21 heavy (non-hydrogen) atoms. The highest BCUT2D eigenvalue weighted by Gasteiger charge is 2.38. The van der Waals surface area contributed by atoms with E-state index in [0.29, 0.717) is 24.9 Å². The van der Waals surface area contributed by atoms with Crippen molar-refractivity contribution < 1.29 is 14.7 Å².